The van der Waals surface area contributed by atoms with E-state index in [1.807, 2.05) is 0 Å². The maximum absolute atomic E-state index is 12.7. The summed E-state index contributed by atoms with van der Waals surface area (Å²) in [6.45, 7) is 0. The van der Waals surface area contributed by atoms with Crippen LogP contribution in [-0.2, 0) is 6.18 Å². The number of hydrazine groups is 1. The van der Waals surface area contributed by atoms with Crippen molar-refractivity contribution in [1.82, 2.24) is 4.98 Å². The molecule has 106 valence electrons. The molecule has 0 fully saturated rings. The van der Waals surface area contributed by atoms with Crippen LogP contribution in [0.4, 0.5) is 19.0 Å². The molecule has 1 aromatic heterocycles. The number of nitrogens with two attached hydrogens (primary N) is 1. The van der Waals surface area contributed by atoms with Gasteiger partial charge in [0.15, 0.2) is 0 Å². The standard InChI is InChI=1S/C12H9BrF3N3O/c13-8-3-1-2-4-9(8)20-11-6-7(12(14,15)16)5-10(18-11)19-17/h1-6H,17H2,(H,18,19). The lowest BCUT2D eigenvalue weighted by molar-refractivity contribution is -0.137. The fourth-order valence-electron chi connectivity index (χ4n) is 1.44. The van der Waals surface area contributed by atoms with Gasteiger partial charge in [-0.25, -0.2) is 5.84 Å². The SMILES string of the molecule is NNc1cc(C(F)(F)F)cc(Oc2ccccc2Br)n1. The molecule has 2 rings (SSSR count). The van der Waals surface area contributed by atoms with E-state index in [1.54, 1.807) is 24.3 Å². The molecule has 0 aliphatic rings. The molecule has 0 saturated carbocycles. The maximum Gasteiger partial charge on any atom is 0.416 e. The summed E-state index contributed by atoms with van der Waals surface area (Å²) < 4.78 is 44.2. The molecule has 1 aromatic carbocycles. The molecule has 20 heavy (non-hydrogen) atoms. The Balaban J connectivity index is 2.39. The zero-order valence-electron chi connectivity index (χ0n) is 9.91. The zero-order chi connectivity index (χ0) is 14.8. The van der Waals surface area contributed by atoms with Crippen molar-refractivity contribution >= 4 is 21.7 Å². The van der Waals surface area contributed by atoms with E-state index in [0.717, 1.165) is 12.1 Å². The Morgan fingerprint density at radius 1 is 1.20 bits per heavy atom. The van der Waals surface area contributed by atoms with E-state index in [2.05, 4.69) is 26.3 Å². The van der Waals surface area contributed by atoms with Crippen LogP contribution in [0.1, 0.15) is 5.56 Å². The van der Waals surface area contributed by atoms with Gasteiger partial charge in [-0.05, 0) is 34.1 Å². The minimum atomic E-state index is -4.51. The number of halogens is 4. The van der Waals surface area contributed by atoms with Gasteiger partial charge in [0, 0.05) is 6.07 Å². The lowest BCUT2D eigenvalue weighted by Gasteiger charge is -2.12. The number of ether oxygens (including phenoxy) is 1. The topological polar surface area (TPSA) is 60.2 Å². The third kappa shape index (κ3) is 3.40. The zero-order valence-corrected chi connectivity index (χ0v) is 11.5. The summed E-state index contributed by atoms with van der Waals surface area (Å²) in [4.78, 5) is 3.82. The molecule has 0 spiro atoms. The third-order valence-corrected chi connectivity index (χ3v) is 2.98. The summed E-state index contributed by atoms with van der Waals surface area (Å²) in [6.07, 6.45) is -4.51. The molecular formula is C12H9BrF3N3O. The monoisotopic (exact) mass is 347 g/mol. The Labute approximate surface area is 120 Å². The number of nitrogen functional groups attached to an aromatic ring is 1. The van der Waals surface area contributed by atoms with E-state index in [0.29, 0.717) is 10.2 Å². The average molecular weight is 348 g/mol. The Hall–Kier alpha value is -1.80. The number of pyridine rings is 1. The first kappa shape index (κ1) is 14.6. The summed E-state index contributed by atoms with van der Waals surface area (Å²) in [5, 5.41) is 0. The number of hydrogen-bond acceptors (Lipinski definition) is 4. The van der Waals surface area contributed by atoms with Crippen molar-refractivity contribution < 1.29 is 17.9 Å². The van der Waals surface area contributed by atoms with E-state index in [9.17, 15) is 13.2 Å². The molecule has 0 radical (unpaired) electrons. The van der Waals surface area contributed by atoms with Crippen molar-refractivity contribution in [1.29, 1.82) is 0 Å². The van der Waals surface area contributed by atoms with Crippen molar-refractivity contribution in [3.05, 3.63) is 46.4 Å². The first-order valence-electron chi connectivity index (χ1n) is 5.38. The summed E-state index contributed by atoms with van der Waals surface area (Å²) in [7, 11) is 0. The highest BCUT2D eigenvalue weighted by atomic mass is 79.9. The van der Waals surface area contributed by atoms with Crippen molar-refractivity contribution in [3.8, 4) is 11.6 Å². The first-order valence-corrected chi connectivity index (χ1v) is 6.18. The van der Waals surface area contributed by atoms with Crippen LogP contribution in [0.3, 0.4) is 0 Å². The second kappa shape index (κ2) is 5.68. The molecule has 0 aliphatic carbocycles. The lowest BCUT2D eigenvalue weighted by Crippen LogP contribution is -2.12. The Kier molecular flexibility index (Phi) is 4.15. The number of aromatic nitrogens is 1. The van der Waals surface area contributed by atoms with Gasteiger partial charge in [-0.1, -0.05) is 12.1 Å². The predicted molar refractivity (Wildman–Crippen MR) is 71.3 cm³/mol. The minimum Gasteiger partial charge on any atom is -0.438 e. The number of anilines is 1. The van der Waals surface area contributed by atoms with E-state index in [1.165, 1.54) is 0 Å². The van der Waals surface area contributed by atoms with Gasteiger partial charge < -0.3 is 10.2 Å². The lowest BCUT2D eigenvalue weighted by atomic mass is 10.2. The van der Waals surface area contributed by atoms with Gasteiger partial charge in [0.05, 0.1) is 10.0 Å². The van der Waals surface area contributed by atoms with Crippen LogP contribution in [0, 0.1) is 0 Å². The van der Waals surface area contributed by atoms with Crippen LogP contribution in [-0.4, -0.2) is 4.98 Å². The van der Waals surface area contributed by atoms with Gasteiger partial charge in [-0.15, -0.1) is 0 Å². The normalized spacial score (nSPS) is 11.2. The fourth-order valence-corrected chi connectivity index (χ4v) is 1.80. The molecule has 0 bridgehead atoms. The van der Waals surface area contributed by atoms with Crippen LogP contribution in [0.25, 0.3) is 0 Å². The quantitative estimate of drug-likeness (QED) is 0.652. The minimum absolute atomic E-state index is 0.137. The predicted octanol–water partition coefficient (Wildman–Crippen LogP) is 3.94. The Morgan fingerprint density at radius 2 is 1.90 bits per heavy atom. The van der Waals surface area contributed by atoms with Crippen molar-refractivity contribution in [3.63, 3.8) is 0 Å². The van der Waals surface area contributed by atoms with Crippen molar-refractivity contribution in [2.75, 3.05) is 5.43 Å². The van der Waals surface area contributed by atoms with Crippen molar-refractivity contribution in [2.24, 2.45) is 5.84 Å². The molecule has 8 heteroatoms. The highest BCUT2D eigenvalue weighted by molar-refractivity contribution is 9.10. The van der Waals surface area contributed by atoms with Crippen LogP contribution < -0.4 is 16.0 Å². The average Bonchev–Trinajstić information content (AvgIpc) is 2.40. The van der Waals surface area contributed by atoms with Gasteiger partial charge in [0.2, 0.25) is 5.88 Å². The highest BCUT2D eigenvalue weighted by Gasteiger charge is 2.32. The summed E-state index contributed by atoms with van der Waals surface area (Å²) in [5.74, 6) is 5.11. The molecule has 1 heterocycles. The van der Waals surface area contributed by atoms with Gasteiger partial charge in [-0.2, -0.15) is 18.2 Å². The summed E-state index contributed by atoms with van der Waals surface area (Å²) >= 11 is 3.23. The number of alkyl halides is 3. The van der Waals surface area contributed by atoms with Gasteiger partial charge in [0.1, 0.15) is 11.6 Å². The van der Waals surface area contributed by atoms with E-state index in [4.69, 9.17) is 10.6 Å². The molecule has 4 nitrogen and oxygen atoms in total. The molecule has 0 aliphatic heterocycles. The molecule has 0 saturated heterocycles. The fraction of sp³-hybridized carbons (Fsp3) is 0.0833. The molecule has 3 N–H and O–H groups in total. The number of hydrogen-bond donors (Lipinski definition) is 2. The smallest absolute Gasteiger partial charge is 0.416 e. The Bertz CT molecular complexity index is 619. The van der Waals surface area contributed by atoms with Gasteiger partial charge >= 0.3 is 6.18 Å². The molecule has 0 atom stereocenters. The van der Waals surface area contributed by atoms with Crippen molar-refractivity contribution in [2.45, 2.75) is 6.18 Å². The number of nitrogens with one attached hydrogen (secondary N) is 1. The molecule has 0 unspecified atom stereocenters. The molecule has 2 aromatic rings. The van der Waals surface area contributed by atoms with E-state index < -0.39 is 11.7 Å². The number of rotatable bonds is 3. The third-order valence-electron chi connectivity index (χ3n) is 2.33. The van der Waals surface area contributed by atoms with E-state index in [-0.39, 0.29) is 11.7 Å². The van der Waals surface area contributed by atoms with Crippen LogP contribution >= 0.6 is 15.9 Å². The summed E-state index contributed by atoms with van der Waals surface area (Å²) in [6, 6.07) is 8.35. The molecule has 0 amide bonds. The van der Waals surface area contributed by atoms with Crippen LogP contribution in [0.2, 0.25) is 0 Å². The van der Waals surface area contributed by atoms with Gasteiger partial charge in [-0.3, -0.25) is 0 Å². The largest absolute Gasteiger partial charge is 0.438 e. The van der Waals surface area contributed by atoms with E-state index >= 15 is 0 Å². The number of benzene rings is 1. The second-order valence-corrected chi connectivity index (χ2v) is 4.61. The second-order valence-electron chi connectivity index (χ2n) is 3.75. The van der Waals surface area contributed by atoms with Gasteiger partial charge in [0.25, 0.3) is 0 Å². The first-order chi connectivity index (χ1) is 9.40. The summed E-state index contributed by atoms with van der Waals surface area (Å²) in [5.41, 5.74) is 1.18. The highest BCUT2D eigenvalue weighted by Crippen LogP contribution is 2.35. The van der Waals surface area contributed by atoms with Crippen LogP contribution in [0.5, 0.6) is 11.6 Å². The number of para-hydroxylation sites is 1. The number of nitrogens with zero attached hydrogens (tertiary/aromatic N) is 1. The molecular weight excluding hydrogens is 339 g/mol. The van der Waals surface area contributed by atoms with Crippen LogP contribution in [0.15, 0.2) is 40.9 Å². The Morgan fingerprint density at radius 3 is 2.50 bits per heavy atom. The maximum atomic E-state index is 12.7.